The van der Waals surface area contributed by atoms with E-state index in [0.717, 1.165) is 53.5 Å². The van der Waals surface area contributed by atoms with Crippen molar-refractivity contribution in [2.24, 2.45) is 11.8 Å². The van der Waals surface area contributed by atoms with Crippen LogP contribution in [-0.4, -0.2) is 94.1 Å². The van der Waals surface area contributed by atoms with Gasteiger partial charge in [0.05, 0.1) is 29.2 Å². The predicted octanol–water partition coefficient (Wildman–Crippen LogP) is 10.5. The molecule has 5 aromatic carbocycles. The first kappa shape index (κ1) is 65.2. The Hall–Kier alpha value is -7.59. The van der Waals surface area contributed by atoms with Crippen LogP contribution in [0, 0.1) is 11.8 Å². The normalized spacial score (nSPS) is 13.5. The summed E-state index contributed by atoms with van der Waals surface area (Å²) in [6, 6.07) is 43.0. The average Bonchev–Trinajstić information content (AvgIpc) is 3.63. The first-order valence-electron chi connectivity index (χ1n) is 28.3. The van der Waals surface area contributed by atoms with Gasteiger partial charge in [0.15, 0.2) is 11.6 Å². The van der Waals surface area contributed by atoms with Crippen LogP contribution in [0.2, 0.25) is 0 Å². The summed E-state index contributed by atoms with van der Waals surface area (Å²) < 4.78 is 10.2. The van der Waals surface area contributed by atoms with Gasteiger partial charge in [0.2, 0.25) is 17.7 Å². The van der Waals surface area contributed by atoms with Gasteiger partial charge in [-0.25, -0.2) is 4.79 Å². The molecule has 0 spiro atoms. The number of ketones is 2. The molecule has 0 saturated heterocycles. The van der Waals surface area contributed by atoms with Crippen molar-refractivity contribution in [3.05, 3.63) is 179 Å². The Morgan fingerprint density at radius 3 is 1.45 bits per heavy atom. The molecule has 0 heterocycles. The molecule has 0 fully saturated rings. The number of amides is 4. The highest BCUT2D eigenvalue weighted by Gasteiger charge is 2.40. The second-order valence-corrected chi connectivity index (χ2v) is 23.9. The van der Waals surface area contributed by atoms with Crippen LogP contribution < -0.4 is 21.3 Å². The van der Waals surface area contributed by atoms with Gasteiger partial charge in [0.25, 0.3) is 0 Å². The van der Waals surface area contributed by atoms with Crippen LogP contribution in [-0.2, 0) is 60.6 Å². The van der Waals surface area contributed by atoms with E-state index in [1.54, 1.807) is 53.7 Å². The van der Waals surface area contributed by atoms with Crippen molar-refractivity contribution >= 4 is 59.1 Å². The van der Waals surface area contributed by atoms with Gasteiger partial charge in [-0.1, -0.05) is 184 Å². The fraction of sp³-hybridized carbons (Fsp3) is 0.424. The number of alkyl carbamates (subject to hydrolysis) is 1. The van der Waals surface area contributed by atoms with Crippen LogP contribution >= 0.6 is 11.8 Å². The smallest absolute Gasteiger partial charge is 0.408 e. The summed E-state index contributed by atoms with van der Waals surface area (Å²) in [6.07, 6.45) is 2.54. The number of benzene rings is 5. The second-order valence-electron chi connectivity index (χ2n) is 22.6. The van der Waals surface area contributed by atoms with Gasteiger partial charge >= 0.3 is 18.0 Å². The molecule has 5 rings (SSSR count). The number of thioether (sulfide) groups is 1. The molecule has 4 amide bonds. The summed E-state index contributed by atoms with van der Waals surface area (Å²) in [7, 11) is 0. The minimum Gasteiger partial charge on any atom is -0.481 e. The second kappa shape index (κ2) is 32.2. The van der Waals surface area contributed by atoms with Crippen molar-refractivity contribution in [1.29, 1.82) is 0 Å². The van der Waals surface area contributed by atoms with E-state index in [9.17, 15) is 43.5 Å². The van der Waals surface area contributed by atoms with Crippen molar-refractivity contribution in [3.63, 3.8) is 0 Å². The molecular weight excluding hydrogens is 1060 g/mol. The van der Waals surface area contributed by atoms with E-state index in [1.807, 2.05) is 140 Å². The number of carbonyl (C=O) groups excluding carboxylic acids is 7. The topological polar surface area (TPSA) is 223 Å². The molecule has 0 saturated carbocycles. The fourth-order valence-electron chi connectivity index (χ4n) is 9.46. The van der Waals surface area contributed by atoms with E-state index in [0.29, 0.717) is 6.42 Å². The molecule has 5 aromatic rings. The summed E-state index contributed by atoms with van der Waals surface area (Å²) >= 11 is 1.34. The Morgan fingerprint density at radius 2 is 0.963 bits per heavy atom. The quantitative estimate of drug-likeness (QED) is 0.0154. The predicted molar refractivity (Wildman–Crippen MR) is 320 cm³/mol. The fourth-order valence-corrected chi connectivity index (χ4v) is 11.1. The number of carboxylic acid groups (broad SMARTS) is 1. The van der Waals surface area contributed by atoms with E-state index in [2.05, 4.69) is 28.2 Å². The SMILES string of the molecule is CCCCCCCC(=O)N[C@@H](Cc1ccccc1)C(=O)C[C@@H](Cc1ccccc1)C(=O)NC[C@H](NC(=O)OC(C)(C)C)C(=O)N[C@@H](CC(=O)OC(C)(C)C)C(=O)C[C@@H](CSC(c1ccccc1)(c1ccccc1)c1ccccc1)C(=O)O. The van der Waals surface area contributed by atoms with Crippen molar-refractivity contribution in [2.45, 2.75) is 153 Å². The summed E-state index contributed by atoms with van der Waals surface area (Å²) in [5, 5.41) is 21.6. The zero-order valence-corrected chi connectivity index (χ0v) is 49.3. The molecule has 5 atom stereocenters. The lowest BCUT2D eigenvalue weighted by Gasteiger charge is -2.36. The molecule has 438 valence electrons. The van der Waals surface area contributed by atoms with Crippen molar-refractivity contribution in [1.82, 2.24) is 21.3 Å². The molecule has 0 bridgehead atoms. The highest BCUT2D eigenvalue weighted by atomic mass is 32.2. The van der Waals surface area contributed by atoms with Crippen LogP contribution in [0.25, 0.3) is 0 Å². The minimum absolute atomic E-state index is 0.0904. The van der Waals surface area contributed by atoms with Crippen molar-refractivity contribution < 1.29 is 52.9 Å². The molecule has 0 aromatic heterocycles. The Balaban J connectivity index is 1.43. The number of aliphatic carboxylic acids is 1. The Kier molecular flexibility index (Phi) is 25.6. The highest BCUT2D eigenvalue weighted by Crippen LogP contribution is 2.49. The van der Waals surface area contributed by atoms with Crippen molar-refractivity contribution in [2.75, 3.05) is 12.3 Å². The standard InChI is InChI=1S/C66H82N4O11S/c1-8-9-10-11-27-38-58(73)68-53(40-47-30-19-13-20-31-47)56(71)41-48(39-46-28-17-12-18-29-46)60(75)67-44-55(70-63(79)81-65(5,6)7)61(76)69-54(43-59(74)80-64(2,3)4)57(72)42-49(62(77)78)45-82-66(50-32-21-14-22-33-50,51-34-23-15-24-35-51)52-36-25-16-26-37-52/h12-26,28-37,48-49,53-55H,8-11,27,38-45H2,1-7H3,(H,67,75)(H,68,73)(H,69,76)(H,70,79)(H,77,78)/t48-,49+,53+,54+,55+/m1/s1. The number of rotatable bonds is 32. The summed E-state index contributed by atoms with van der Waals surface area (Å²) in [5.41, 5.74) is 2.12. The number of hydrogen-bond acceptors (Lipinski definition) is 11. The summed E-state index contributed by atoms with van der Waals surface area (Å²) in [4.78, 5) is 112. The maximum absolute atomic E-state index is 14.7. The molecule has 82 heavy (non-hydrogen) atoms. The molecular formula is C66H82N4O11S. The Morgan fingerprint density at radius 1 is 0.500 bits per heavy atom. The maximum atomic E-state index is 14.7. The first-order chi connectivity index (χ1) is 39.1. The number of Topliss-reactive ketones (excluding diaryl/α,β-unsaturated/α-hetero) is 2. The third-order valence-corrected chi connectivity index (χ3v) is 15.2. The van der Waals surface area contributed by atoms with E-state index in [1.165, 1.54) is 11.8 Å². The van der Waals surface area contributed by atoms with E-state index in [4.69, 9.17) is 9.47 Å². The lowest BCUT2D eigenvalue weighted by Crippen LogP contribution is -2.57. The first-order valence-corrected chi connectivity index (χ1v) is 29.3. The zero-order valence-electron chi connectivity index (χ0n) is 48.5. The number of carbonyl (C=O) groups is 8. The van der Waals surface area contributed by atoms with E-state index >= 15 is 0 Å². The number of esters is 1. The van der Waals surface area contributed by atoms with Gasteiger partial charge in [-0.15, -0.1) is 11.8 Å². The number of unbranched alkanes of at least 4 members (excludes halogenated alkanes) is 4. The van der Waals surface area contributed by atoms with Crippen LogP contribution in [0.4, 0.5) is 4.79 Å². The lowest BCUT2D eigenvalue weighted by atomic mass is 9.84. The molecule has 0 aliphatic carbocycles. The van der Waals surface area contributed by atoms with Gasteiger partial charge in [-0.3, -0.25) is 33.6 Å². The van der Waals surface area contributed by atoms with Gasteiger partial charge in [-0.2, -0.15) is 0 Å². The van der Waals surface area contributed by atoms with Gasteiger partial charge < -0.3 is 35.8 Å². The van der Waals surface area contributed by atoms with Gasteiger partial charge in [0, 0.05) is 37.5 Å². The molecule has 0 unspecified atom stereocenters. The van der Waals surface area contributed by atoms with E-state index < -0.39 is 101 Å². The van der Waals surface area contributed by atoms with E-state index in [-0.39, 0.29) is 43.1 Å². The van der Waals surface area contributed by atoms with Crippen LogP contribution in [0.1, 0.15) is 134 Å². The number of carboxylic acids is 1. The largest absolute Gasteiger partial charge is 0.481 e. The van der Waals surface area contributed by atoms with Crippen LogP contribution in [0.15, 0.2) is 152 Å². The Labute approximate surface area is 487 Å². The number of nitrogens with one attached hydrogen (secondary N) is 4. The lowest BCUT2D eigenvalue weighted by molar-refractivity contribution is -0.156. The van der Waals surface area contributed by atoms with Gasteiger partial charge in [-0.05, 0) is 88.6 Å². The third-order valence-electron chi connectivity index (χ3n) is 13.5. The average molecular weight is 1140 g/mol. The molecule has 16 heteroatoms. The maximum Gasteiger partial charge on any atom is 0.408 e. The number of hydrogen-bond donors (Lipinski definition) is 5. The summed E-state index contributed by atoms with van der Waals surface area (Å²) in [5.74, 6) is -7.71. The number of ether oxygens (including phenoxy) is 2. The van der Waals surface area contributed by atoms with Crippen molar-refractivity contribution in [3.8, 4) is 0 Å². The molecule has 5 N–H and O–H groups in total. The molecule has 0 radical (unpaired) electrons. The van der Waals surface area contributed by atoms with Crippen LogP contribution in [0.3, 0.4) is 0 Å². The third kappa shape index (κ3) is 21.7. The summed E-state index contributed by atoms with van der Waals surface area (Å²) in [6.45, 7) is 11.3. The van der Waals surface area contributed by atoms with Gasteiger partial charge in [0.1, 0.15) is 17.2 Å². The Bertz CT molecular complexity index is 2750. The molecule has 15 nitrogen and oxygen atoms in total. The minimum atomic E-state index is -1.66. The monoisotopic (exact) mass is 1140 g/mol. The highest BCUT2D eigenvalue weighted by molar-refractivity contribution is 8.00. The molecule has 0 aliphatic heterocycles. The zero-order chi connectivity index (χ0) is 59.7. The van der Waals surface area contributed by atoms with Crippen LogP contribution in [0.5, 0.6) is 0 Å². The molecule has 0 aliphatic rings.